The molecular formula is C12H21NO2. The second-order valence-corrected chi connectivity index (χ2v) is 4.77. The van der Waals surface area contributed by atoms with Gasteiger partial charge in [0.2, 0.25) is 0 Å². The Morgan fingerprint density at radius 1 is 1.47 bits per heavy atom. The van der Waals surface area contributed by atoms with Gasteiger partial charge in [-0.05, 0) is 31.6 Å². The normalized spacial score (nSPS) is 34.1. The Kier molecular flexibility index (Phi) is 3.62. The van der Waals surface area contributed by atoms with Crippen molar-refractivity contribution in [3.63, 3.8) is 0 Å². The maximum absolute atomic E-state index is 11.7. The van der Waals surface area contributed by atoms with Crippen LogP contribution in [0.2, 0.25) is 0 Å². The predicted octanol–water partition coefficient (Wildman–Crippen LogP) is 1.86. The average Bonchev–Trinajstić information content (AvgIpc) is 2.76. The van der Waals surface area contributed by atoms with Crippen LogP contribution in [0.25, 0.3) is 0 Å². The molecule has 1 saturated carbocycles. The van der Waals surface area contributed by atoms with Gasteiger partial charge in [-0.15, -0.1) is 0 Å². The van der Waals surface area contributed by atoms with E-state index in [0.29, 0.717) is 12.6 Å². The number of hydrogen-bond donors (Lipinski definition) is 1. The minimum absolute atomic E-state index is 0.0165. The van der Waals surface area contributed by atoms with Crippen LogP contribution >= 0.6 is 0 Å². The fraction of sp³-hybridized carbons (Fsp3) is 0.917. The van der Waals surface area contributed by atoms with Crippen LogP contribution in [0.3, 0.4) is 0 Å². The Balaban J connectivity index is 1.73. The SMILES string of the molecule is CCCCOC(=O)[C@@H]1C[C@@H]2CCC[C@@H]2N1. The molecule has 0 aromatic rings. The molecule has 2 aliphatic rings. The largest absolute Gasteiger partial charge is 0.465 e. The summed E-state index contributed by atoms with van der Waals surface area (Å²) in [6, 6.07) is 0.575. The summed E-state index contributed by atoms with van der Waals surface area (Å²) in [6.45, 7) is 2.69. The van der Waals surface area contributed by atoms with Crippen molar-refractivity contribution in [2.75, 3.05) is 6.61 Å². The first-order chi connectivity index (χ1) is 7.31. The number of nitrogens with one attached hydrogen (secondary N) is 1. The van der Waals surface area contributed by atoms with E-state index in [4.69, 9.17) is 4.74 Å². The van der Waals surface area contributed by atoms with E-state index in [1.807, 2.05) is 0 Å². The highest BCUT2D eigenvalue weighted by molar-refractivity contribution is 5.76. The van der Waals surface area contributed by atoms with Crippen LogP contribution in [0.5, 0.6) is 0 Å². The van der Waals surface area contributed by atoms with Crippen molar-refractivity contribution < 1.29 is 9.53 Å². The van der Waals surface area contributed by atoms with Crippen LogP contribution in [0.4, 0.5) is 0 Å². The Bertz CT molecular complexity index is 218. The Hall–Kier alpha value is -0.570. The molecule has 0 bridgehead atoms. The first-order valence-electron chi connectivity index (χ1n) is 6.24. The summed E-state index contributed by atoms with van der Waals surface area (Å²) in [6.07, 6.45) is 6.90. The number of unbranched alkanes of at least 4 members (excludes halogenated alkanes) is 1. The van der Waals surface area contributed by atoms with Crippen LogP contribution in [0, 0.1) is 5.92 Å². The number of hydrogen-bond acceptors (Lipinski definition) is 3. The molecule has 3 heteroatoms. The lowest BCUT2D eigenvalue weighted by molar-refractivity contribution is -0.146. The smallest absolute Gasteiger partial charge is 0.323 e. The number of carbonyl (C=O) groups is 1. The monoisotopic (exact) mass is 211 g/mol. The molecule has 1 saturated heterocycles. The number of ether oxygens (including phenoxy) is 1. The van der Waals surface area contributed by atoms with Crippen molar-refractivity contribution in [3.8, 4) is 0 Å². The molecule has 0 spiro atoms. The summed E-state index contributed by atoms with van der Waals surface area (Å²) < 4.78 is 5.23. The third-order valence-electron chi connectivity index (χ3n) is 3.64. The summed E-state index contributed by atoms with van der Waals surface area (Å²) in [4.78, 5) is 11.7. The quantitative estimate of drug-likeness (QED) is 0.570. The van der Waals surface area contributed by atoms with Crippen LogP contribution in [0.15, 0.2) is 0 Å². The number of fused-ring (bicyclic) bond motifs is 1. The molecule has 1 heterocycles. The summed E-state index contributed by atoms with van der Waals surface area (Å²) in [5.74, 6) is 0.701. The lowest BCUT2D eigenvalue weighted by Crippen LogP contribution is -2.36. The van der Waals surface area contributed by atoms with Crippen LogP contribution in [-0.2, 0) is 9.53 Å². The highest BCUT2D eigenvalue weighted by Crippen LogP contribution is 2.34. The number of carbonyl (C=O) groups excluding carboxylic acids is 1. The van der Waals surface area contributed by atoms with Crippen molar-refractivity contribution in [3.05, 3.63) is 0 Å². The van der Waals surface area contributed by atoms with Crippen molar-refractivity contribution in [1.29, 1.82) is 0 Å². The van der Waals surface area contributed by atoms with Crippen molar-refractivity contribution in [2.24, 2.45) is 5.92 Å². The van der Waals surface area contributed by atoms with E-state index in [1.54, 1.807) is 0 Å². The Morgan fingerprint density at radius 2 is 2.33 bits per heavy atom. The van der Waals surface area contributed by atoms with E-state index in [0.717, 1.165) is 25.2 Å². The topological polar surface area (TPSA) is 38.3 Å². The second-order valence-electron chi connectivity index (χ2n) is 4.77. The van der Waals surface area contributed by atoms with Gasteiger partial charge < -0.3 is 10.1 Å². The first-order valence-corrected chi connectivity index (χ1v) is 6.24. The molecular weight excluding hydrogens is 190 g/mol. The maximum atomic E-state index is 11.7. The molecule has 2 fully saturated rings. The van der Waals surface area contributed by atoms with Gasteiger partial charge in [0.25, 0.3) is 0 Å². The number of rotatable bonds is 4. The van der Waals surface area contributed by atoms with Gasteiger partial charge in [-0.25, -0.2) is 0 Å². The molecule has 3 atom stereocenters. The highest BCUT2D eigenvalue weighted by atomic mass is 16.5. The average molecular weight is 211 g/mol. The zero-order chi connectivity index (χ0) is 10.7. The summed E-state index contributed by atoms with van der Waals surface area (Å²) >= 11 is 0. The fourth-order valence-electron chi connectivity index (χ4n) is 2.75. The zero-order valence-electron chi connectivity index (χ0n) is 9.50. The van der Waals surface area contributed by atoms with Gasteiger partial charge in [-0.2, -0.15) is 0 Å². The molecule has 1 N–H and O–H groups in total. The molecule has 0 unspecified atom stereocenters. The molecule has 0 amide bonds. The zero-order valence-corrected chi connectivity index (χ0v) is 9.50. The fourth-order valence-corrected chi connectivity index (χ4v) is 2.75. The lowest BCUT2D eigenvalue weighted by Gasteiger charge is -2.12. The molecule has 1 aliphatic heterocycles. The first kappa shape index (κ1) is 10.9. The van der Waals surface area contributed by atoms with Crippen LogP contribution < -0.4 is 5.32 Å². The van der Waals surface area contributed by atoms with E-state index in [-0.39, 0.29) is 12.0 Å². The molecule has 0 radical (unpaired) electrons. The highest BCUT2D eigenvalue weighted by Gasteiger charge is 2.40. The minimum atomic E-state index is -0.0298. The molecule has 3 nitrogen and oxygen atoms in total. The summed E-state index contributed by atoms with van der Waals surface area (Å²) in [5.41, 5.74) is 0. The van der Waals surface area contributed by atoms with Crippen LogP contribution in [0.1, 0.15) is 45.4 Å². The van der Waals surface area contributed by atoms with Crippen LogP contribution in [-0.4, -0.2) is 24.7 Å². The van der Waals surface area contributed by atoms with E-state index >= 15 is 0 Å². The molecule has 1 aliphatic carbocycles. The molecule has 0 aromatic heterocycles. The molecule has 0 aromatic carbocycles. The van der Waals surface area contributed by atoms with Gasteiger partial charge in [0.1, 0.15) is 6.04 Å². The van der Waals surface area contributed by atoms with E-state index in [2.05, 4.69) is 12.2 Å². The van der Waals surface area contributed by atoms with Crippen molar-refractivity contribution in [2.45, 2.75) is 57.5 Å². The van der Waals surface area contributed by atoms with Gasteiger partial charge in [0.05, 0.1) is 6.61 Å². The van der Waals surface area contributed by atoms with E-state index < -0.39 is 0 Å². The van der Waals surface area contributed by atoms with E-state index in [9.17, 15) is 4.79 Å². The molecule has 86 valence electrons. The predicted molar refractivity (Wildman–Crippen MR) is 58.5 cm³/mol. The Morgan fingerprint density at radius 3 is 3.07 bits per heavy atom. The van der Waals surface area contributed by atoms with Gasteiger partial charge in [0.15, 0.2) is 0 Å². The third-order valence-corrected chi connectivity index (χ3v) is 3.64. The van der Waals surface area contributed by atoms with E-state index in [1.165, 1.54) is 19.3 Å². The van der Waals surface area contributed by atoms with Crippen molar-refractivity contribution >= 4 is 5.97 Å². The molecule has 15 heavy (non-hydrogen) atoms. The second kappa shape index (κ2) is 4.97. The minimum Gasteiger partial charge on any atom is -0.465 e. The summed E-state index contributed by atoms with van der Waals surface area (Å²) in [5, 5.41) is 3.41. The maximum Gasteiger partial charge on any atom is 0.323 e. The number of esters is 1. The third kappa shape index (κ3) is 2.51. The Labute approximate surface area is 91.6 Å². The van der Waals surface area contributed by atoms with Gasteiger partial charge in [-0.1, -0.05) is 19.8 Å². The van der Waals surface area contributed by atoms with Gasteiger partial charge >= 0.3 is 5.97 Å². The van der Waals surface area contributed by atoms with Crippen molar-refractivity contribution in [1.82, 2.24) is 5.32 Å². The standard InChI is InChI=1S/C12H21NO2/c1-2-3-7-15-12(14)11-8-9-5-4-6-10(9)13-11/h9-11,13H,2-8H2,1H3/t9-,10-,11-/m0/s1. The lowest BCUT2D eigenvalue weighted by atomic mass is 10.0. The van der Waals surface area contributed by atoms with Gasteiger partial charge in [0, 0.05) is 6.04 Å². The summed E-state index contributed by atoms with van der Waals surface area (Å²) in [7, 11) is 0. The van der Waals surface area contributed by atoms with Gasteiger partial charge in [-0.3, -0.25) is 4.79 Å². The molecule has 2 rings (SSSR count).